The summed E-state index contributed by atoms with van der Waals surface area (Å²) in [6.07, 6.45) is 0.934. The molecule has 2 atom stereocenters. The van der Waals surface area contributed by atoms with E-state index < -0.39 is 28.5 Å². The van der Waals surface area contributed by atoms with Crippen LogP contribution in [0, 0.1) is 6.92 Å². The van der Waals surface area contributed by atoms with Crippen molar-refractivity contribution in [2.24, 2.45) is 0 Å². The van der Waals surface area contributed by atoms with Gasteiger partial charge in [0, 0.05) is 25.1 Å². The number of methoxy groups -OCH3 is 2. The second-order valence-corrected chi connectivity index (χ2v) is 13.3. The molecule has 0 spiro atoms. The highest BCUT2D eigenvalue weighted by molar-refractivity contribution is 7.92. The Balaban J connectivity index is 1.86. The topological polar surface area (TPSA) is 105 Å². The van der Waals surface area contributed by atoms with E-state index in [0.29, 0.717) is 12.2 Å². The highest BCUT2D eigenvalue weighted by Crippen LogP contribution is 2.36. The van der Waals surface area contributed by atoms with Gasteiger partial charge in [-0.1, -0.05) is 85.3 Å². The first kappa shape index (κ1) is 35.0. The summed E-state index contributed by atoms with van der Waals surface area (Å²) in [4.78, 5) is 30.2. The number of rotatable bonds is 15. The number of anilines is 1. The maximum Gasteiger partial charge on any atom is 0.264 e. The number of hydrogen-bond donors (Lipinski definition) is 1. The van der Waals surface area contributed by atoms with Crippen molar-refractivity contribution in [1.82, 2.24) is 10.2 Å². The maximum atomic E-state index is 14.7. The summed E-state index contributed by atoms with van der Waals surface area (Å²) in [6.45, 7) is 5.33. The molecule has 9 nitrogen and oxygen atoms in total. The lowest BCUT2D eigenvalue weighted by Crippen LogP contribution is -2.54. The Morgan fingerprint density at radius 2 is 1.47 bits per heavy atom. The van der Waals surface area contributed by atoms with E-state index in [2.05, 4.69) is 5.32 Å². The largest absolute Gasteiger partial charge is 0.497 e. The molecule has 0 aliphatic carbocycles. The molecule has 0 aliphatic heterocycles. The minimum atomic E-state index is -4.30. The molecule has 0 saturated carbocycles. The van der Waals surface area contributed by atoms with Gasteiger partial charge in [0.15, 0.2) is 0 Å². The SMILES string of the molecule is CC[C@@H](C)NC(=O)[C@@H](Cc1ccccc1)N(Cc1ccc(C)cc1)C(=O)CN(c1cc(OC)ccc1OC)S(=O)(=O)c1ccccc1. The molecule has 10 heteroatoms. The highest BCUT2D eigenvalue weighted by atomic mass is 32.2. The van der Waals surface area contributed by atoms with E-state index in [0.717, 1.165) is 21.0 Å². The molecule has 4 aromatic rings. The molecular weight excluding hydrogens is 614 g/mol. The number of carbonyl (C=O) groups excluding carboxylic acids is 2. The number of ether oxygens (including phenoxy) is 2. The van der Waals surface area contributed by atoms with Crippen LogP contribution in [-0.2, 0) is 32.6 Å². The van der Waals surface area contributed by atoms with Crippen molar-refractivity contribution in [3.05, 3.63) is 120 Å². The summed E-state index contributed by atoms with van der Waals surface area (Å²) in [7, 11) is -1.39. The van der Waals surface area contributed by atoms with E-state index in [1.807, 2.05) is 75.4 Å². The Labute approximate surface area is 278 Å². The van der Waals surface area contributed by atoms with Gasteiger partial charge in [-0.15, -0.1) is 0 Å². The minimum Gasteiger partial charge on any atom is -0.497 e. The molecule has 0 unspecified atom stereocenters. The van der Waals surface area contributed by atoms with E-state index in [-0.39, 0.29) is 41.2 Å². The molecule has 248 valence electrons. The smallest absolute Gasteiger partial charge is 0.264 e. The Hall–Kier alpha value is -4.83. The fraction of sp³-hybridized carbons (Fsp3) is 0.297. The Kier molecular flexibility index (Phi) is 12.0. The summed E-state index contributed by atoms with van der Waals surface area (Å²) in [5, 5.41) is 3.05. The quantitative estimate of drug-likeness (QED) is 0.174. The first-order valence-corrected chi connectivity index (χ1v) is 17.0. The van der Waals surface area contributed by atoms with Crippen LogP contribution in [0.1, 0.15) is 37.0 Å². The summed E-state index contributed by atoms with van der Waals surface area (Å²) < 4.78 is 40.7. The molecule has 0 saturated heterocycles. The van der Waals surface area contributed by atoms with Crippen LogP contribution in [0.3, 0.4) is 0 Å². The van der Waals surface area contributed by atoms with E-state index in [1.165, 1.54) is 37.3 Å². The van der Waals surface area contributed by atoms with Gasteiger partial charge in [0.2, 0.25) is 11.8 Å². The van der Waals surface area contributed by atoms with Crippen LogP contribution in [-0.4, -0.2) is 58.0 Å². The van der Waals surface area contributed by atoms with Crippen LogP contribution in [0.4, 0.5) is 5.69 Å². The van der Waals surface area contributed by atoms with Gasteiger partial charge in [-0.25, -0.2) is 8.42 Å². The fourth-order valence-corrected chi connectivity index (χ4v) is 6.55. The summed E-state index contributed by atoms with van der Waals surface area (Å²) in [5.74, 6) is -0.262. The number of aryl methyl sites for hydroxylation is 1. The van der Waals surface area contributed by atoms with Gasteiger partial charge >= 0.3 is 0 Å². The van der Waals surface area contributed by atoms with Crippen molar-refractivity contribution in [3.63, 3.8) is 0 Å². The second kappa shape index (κ2) is 16.1. The van der Waals surface area contributed by atoms with Crippen LogP contribution >= 0.6 is 0 Å². The predicted molar refractivity (Wildman–Crippen MR) is 184 cm³/mol. The minimum absolute atomic E-state index is 0.00175. The van der Waals surface area contributed by atoms with Gasteiger partial charge in [0.25, 0.3) is 10.0 Å². The Bertz CT molecular complexity index is 1730. The lowest BCUT2D eigenvalue weighted by Gasteiger charge is -2.34. The summed E-state index contributed by atoms with van der Waals surface area (Å²) in [6, 6.07) is 28.8. The Morgan fingerprint density at radius 1 is 0.830 bits per heavy atom. The standard InChI is InChI=1S/C37H43N3O6S/c1-6-28(3)38-37(42)34(23-29-13-9-7-10-14-29)39(25-30-19-17-27(2)18-20-30)36(41)26-40(47(43,44)32-15-11-8-12-16-32)33-24-31(45-4)21-22-35(33)46-5/h7-22,24,28,34H,6,23,25-26H2,1-5H3,(H,38,42)/t28-,34-/m1/s1. The zero-order chi connectivity index (χ0) is 34.0. The first-order valence-electron chi connectivity index (χ1n) is 15.6. The van der Waals surface area contributed by atoms with Crippen molar-refractivity contribution < 1.29 is 27.5 Å². The molecule has 2 amide bonds. The van der Waals surface area contributed by atoms with Gasteiger partial charge in [0.05, 0.1) is 24.8 Å². The number of benzene rings is 4. The molecule has 0 bridgehead atoms. The number of amides is 2. The second-order valence-electron chi connectivity index (χ2n) is 11.4. The van der Waals surface area contributed by atoms with Crippen LogP contribution < -0.4 is 19.1 Å². The van der Waals surface area contributed by atoms with E-state index >= 15 is 0 Å². The van der Waals surface area contributed by atoms with E-state index in [9.17, 15) is 18.0 Å². The van der Waals surface area contributed by atoms with Crippen LogP contribution in [0.15, 0.2) is 108 Å². The van der Waals surface area contributed by atoms with Crippen LogP contribution in [0.5, 0.6) is 11.5 Å². The molecule has 4 rings (SSSR count). The molecule has 47 heavy (non-hydrogen) atoms. The Morgan fingerprint density at radius 3 is 2.06 bits per heavy atom. The lowest BCUT2D eigenvalue weighted by atomic mass is 10.0. The van der Waals surface area contributed by atoms with Gasteiger partial charge in [-0.3, -0.25) is 13.9 Å². The zero-order valence-electron chi connectivity index (χ0n) is 27.6. The molecule has 0 aliphatic rings. The highest BCUT2D eigenvalue weighted by Gasteiger charge is 2.36. The van der Waals surface area contributed by atoms with Gasteiger partial charge in [0.1, 0.15) is 24.1 Å². The third-order valence-electron chi connectivity index (χ3n) is 8.01. The molecular formula is C37H43N3O6S. The predicted octanol–water partition coefficient (Wildman–Crippen LogP) is 5.76. The van der Waals surface area contributed by atoms with E-state index in [4.69, 9.17) is 9.47 Å². The molecule has 4 aromatic carbocycles. The monoisotopic (exact) mass is 657 g/mol. The van der Waals surface area contributed by atoms with Gasteiger partial charge in [-0.2, -0.15) is 0 Å². The van der Waals surface area contributed by atoms with Crippen molar-refractivity contribution in [2.75, 3.05) is 25.1 Å². The third-order valence-corrected chi connectivity index (χ3v) is 9.78. The molecule has 0 radical (unpaired) electrons. The lowest BCUT2D eigenvalue weighted by molar-refractivity contribution is -0.140. The van der Waals surface area contributed by atoms with Crippen molar-refractivity contribution >= 4 is 27.5 Å². The molecule has 0 fully saturated rings. The normalized spacial score (nSPS) is 12.4. The number of nitrogens with zero attached hydrogens (tertiary/aromatic N) is 2. The number of sulfonamides is 1. The number of carbonyl (C=O) groups is 2. The zero-order valence-corrected chi connectivity index (χ0v) is 28.4. The van der Waals surface area contributed by atoms with Gasteiger partial charge < -0.3 is 19.7 Å². The van der Waals surface area contributed by atoms with E-state index in [1.54, 1.807) is 30.3 Å². The van der Waals surface area contributed by atoms with Crippen LogP contribution in [0.2, 0.25) is 0 Å². The first-order chi connectivity index (χ1) is 22.6. The number of nitrogens with one attached hydrogen (secondary N) is 1. The van der Waals surface area contributed by atoms with Gasteiger partial charge in [-0.05, 0) is 55.7 Å². The van der Waals surface area contributed by atoms with Crippen molar-refractivity contribution in [1.29, 1.82) is 0 Å². The van der Waals surface area contributed by atoms with Crippen molar-refractivity contribution in [3.8, 4) is 11.5 Å². The third kappa shape index (κ3) is 8.92. The average molecular weight is 658 g/mol. The van der Waals surface area contributed by atoms with Crippen LogP contribution in [0.25, 0.3) is 0 Å². The van der Waals surface area contributed by atoms with Crippen molar-refractivity contribution in [2.45, 2.75) is 57.1 Å². The molecule has 0 heterocycles. The molecule has 0 aromatic heterocycles. The number of hydrogen-bond acceptors (Lipinski definition) is 6. The maximum absolute atomic E-state index is 14.7. The summed E-state index contributed by atoms with van der Waals surface area (Å²) in [5.41, 5.74) is 2.84. The average Bonchev–Trinajstić information content (AvgIpc) is 3.09. The summed E-state index contributed by atoms with van der Waals surface area (Å²) >= 11 is 0. The molecule has 1 N–H and O–H groups in total. The fourth-order valence-electron chi connectivity index (χ4n) is 5.11.